The van der Waals surface area contributed by atoms with Crippen LogP contribution in [0.4, 0.5) is 0 Å². The largest absolute Gasteiger partial charge is 0.475 e. The monoisotopic (exact) mass is 443 g/mol. The average molecular weight is 444 g/mol. The molecular formula is C24H37N5O3. The van der Waals surface area contributed by atoms with Gasteiger partial charge in [-0.2, -0.15) is 0 Å². The number of hydrogen-bond donors (Lipinski definition) is 3. The van der Waals surface area contributed by atoms with Crippen LogP contribution in [0.15, 0.2) is 57.8 Å². The number of nitrogens with zero attached hydrogens (tertiary/aromatic N) is 2. The summed E-state index contributed by atoms with van der Waals surface area (Å²) in [6, 6.07) is 0. The van der Waals surface area contributed by atoms with E-state index in [-0.39, 0.29) is 5.91 Å². The van der Waals surface area contributed by atoms with Crippen LogP contribution in [-0.4, -0.2) is 76.1 Å². The van der Waals surface area contributed by atoms with Crippen molar-refractivity contribution in [1.82, 2.24) is 15.5 Å². The molecule has 1 fully saturated rings. The summed E-state index contributed by atoms with van der Waals surface area (Å²) in [4.78, 5) is 18.2. The minimum Gasteiger partial charge on any atom is -0.475 e. The fourth-order valence-corrected chi connectivity index (χ4v) is 3.27. The Labute approximate surface area is 191 Å². The highest BCUT2D eigenvalue weighted by Crippen LogP contribution is 2.22. The molecule has 4 N–H and O–H groups in total. The Kier molecular flexibility index (Phi) is 11.0. The number of aliphatic imine (C=N–C) groups is 1. The van der Waals surface area contributed by atoms with Gasteiger partial charge in [0.05, 0.1) is 24.6 Å². The maximum atomic E-state index is 11.2. The molecule has 32 heavy (non-hydrogen) atoms. The summed E-state index contributed by atoms with van der Waals surface area (Å²) in [5.74, 6) is 0.165. The van der Waals surface area contributed by atoms with Crippen LogP contribution < -0.4 is 16.4 Å². The molecule has 0 aromatic carbocycles. The van der Waals surface area contributed by atoms with E-state index in [1.54, 1.807) is 0 Å². The third kappa shape index (κ3) is 8.85. The number of rotatable bonds is 12. The highest BCUT2D eigenvalue weighted by Gasteiger charge is 2.18. The van der Waals surface area contributed by atoms with Gasteiger partial charge >= 0.3 is 0 Å². The minimum absolute atomic E-state index is 0.306. The van der Waals surface area contributed by atoms with Crippen molar-refractivity contribution in [2.45, 2.75) is 26.7 Å². The van der Waals surface area contributed by atoms with Crippen molar-refractivity contribution < 1.29 is 14.3 Å². The van der Waals surface area contributed by atoms with Crippen molar-refractivity contribution in [2.24, 2.45) is 10.7 Å². The molecule has 1 amide bonds. The van der Waals surface area contributed by atoms with Gasteiger partial charge in [0.25, 0.3) is 0 Å². The van der Waals surface area contributed by atoms with Crippen molar-refractivity contribution in [3.05, 3.63) is 52.8 Å². The molecule has 1 saturated heterocycles. The SMILES string of the molecule is C=C1C=C(OCCOCCNC)N=C(/C=C(\C)CCC(N)=O)C(C)=C=C1N1CCNCC1. The van der Waals surface area contributed by atoms with Crippen LogP contribution in [0.25, 0.3) is 0 Å². The maximum absolute atomic E-state index is 11.2. The summed E-state index contributed by atoms with van der Waals surface area (Å²) in [5.41, 5.74) is 13.2. The lowest BCUT2D eigenvalue weighted by Gasteiger charge is -2.31. The van der Waals surface area contributed by atoms with E-state index in [1.165, 1.54) is 0 Å². The van der Waals surface area contributed by atoms with E-state index >= 15 is 0 Å². The minimum atomic E-state index is -0.316. The second-order valence-corrected chi connectivity index (χ2v) is 7.86. The van der Waals surface area contributed by atoms with Gasteiger partial charge in [0, 0.05) is 56.4 Å². The van der Waals surface area contributed by atoms with Crippen LogP contribution in [-0.2, 0) is 14.3 Å². The summed E-state index contributed by atoms with van der Waals surface area (Å²) in [6.07, 6.45) is 4.72. The molecule has 0 aromatic heterocycles. The molecule has 2 rings (SSSR count). The molecule has 2 aliphatic rings. The Hall–Kier alpha value is -2.64. The molecule has 2 aliphatic heterocycles. The third-order valence-corrected chi connectivity index (χ3v) is 5.08. The second kappa shape index (κ2) is 13.7. The summed E-state index contributed by atoms with van der Waals surface area (Å²) < 4.78 is 11.5. The molecule has 0 spiro atoms. The molecule has 0 aromatic rings. The molecule has 2 heterocycles. The number of hydrogen-bond acceptors (Lipinski definition) is 7. The molecule has 0 radical (unpaired) electrons. The van der Waals surface area contributed by atoms with Crippen molar-refractivity contribution >= 4 is 11.6 Å². The molecule has 0 saturated carbocycles. The van der Waals surface area contributed by atoms with E-state index in [0.29, 0.717) is 38.5 Å². The number of piperazine rings is 1. The van der Waals surface area contributed by atoms with E-state index in [1.807, 2.05) is 33.0 Å². The summed E-state index contributed by atoms with van der Waals surface area (Å²) in [7, 11) is 1.89. The van der Waals surface area contributed by atoms with Crippen molar-refractivity contribution in [1.29, 1.82) is 0 Å². The zero-order valence-corrected chi connectivity index (χ0v) is 19.6. The number of carbonyl (C=O) groups is 1. The summed E-state index contributed by atoms with van der Waals surface area (Å²) in [5, 5.41) is 6.42. The standard InChI is InChI=1S/C24H37N5O3/c1-18(5-6-23(25)30)15-21-19(2)16-22(29-10-7-27-8-11-29)20(3)17-24(28-21)32-14-13-31-12-9-26-4/h15,17,26-27H,3,5-14H2,1-2,4H3,(H2,25,30)/b18-15+,24-17?,28-21?. The number of likely N-dealkylation sites (N-methyl/N-ethyl adjacent to an activating group) is 1. The number of amides is 1. The lowest BCUT2D eigenvalue weighted by atomic mass is 10.0. The zero-order chi connectivity index (χ0) is 23.3. The van der Waals surface area contributed by atoms with Crippen molar-refractivity contribution in [2.75, 3.05) is 59.6 Å². The second-order valence-electron chi connectivity index (χ2n) is 7.86. The highest BCUT2D eigenvalue weighted by atomic mass is 16.5. The molecule has 8 nitrogen and oxygen atoms in total. The van der Waals surface area contributed by atoms with Gasteiger partial charge in [-0.25, -0.2) is 4.99 Å². The van der Waals surface area contributed by atoms with Gasteiger partial charge in [-0.05, 0) is 33.4 Å². The summed E-state index contributed by atoms with van der Waals surface area (Å²) in [6.45, 7) is 14.1. The quantitative estimate of drug-likeness (QED) is 0.313. The first-order chi connectivity index (χ1) is 15.4. The fourth-order valence-electron chi connectivity index (χ4n) is 3.27. The number of nitrogens with two attached hydrogens (primary N) is 1. The molecule has 0 bridgehead atoms. The van der Waals surface area contributed by atoms with E-state index < -0.39 is 0 Å². The van der Waals surface area contributed by atoms with Gasteiger partial charge in [-0.15, -0.1) is 0 Å². The van der Waals surface area contributed by atoms with E-state index in [2.05, 4.69) is 27.8 Å². The molecule has 0 atom stereocenters. The van der Waals surface area contributed by atoms with E-state index in [0.717, 1.165) is 60.9 Å². The number of allylic oxidation sites excluding steroid dienone is 3. The van der Waals surface area contributed by atoms with Crippen LogP contribution >= 0.6 is 0 Å². The summed E-state index contributed by atoms with van der Waals surface area (Å²) >= 11 is 0. The van der Waals surface area contributed by atoms with Gasteiger partial charge in [0.2, 0.25) is 11.8 Å². The lowest BCUT2D eigenvalue weighted by molar-refractivity contribution is -0.117. The molecule has 0 aliphatic carbocycles. The van der Waals surface area contributed by atoms with Crippen LogP contribution in [0.2, 0.25) is 0 Å². The van der Waals surface area contributed by atoms with Crippen LogP contribution in [0.3, 0.4) is 0 Å². The van der Waals surface area contributed by atoms with Crippen LogP contribution in [0.5, 0.6) is 0 Å². The lowest BCUT2D eigenvalue weighted by Crippen LogP contribution is -2.43. The number of ether oxygens (including phenoxy) is 2. The first-order valence-electron chi connectivity index (χ1n) is 11.1. The first-order valence-corrected chi connectivity index (χ1v) is 11.1. The number of carbonyl (C=O) groups excluding carboxylic acids is 1. The molecule has 0 unspecified atom stereocenters. The van der Waals surface area contributed by atoms with Gasteiger partial charge in [-0.1, -0.05) is 17.9 Å². The zero-order valence-electron chi connectivity index (χ0n) is 19.6. The van der Waals surface area contributed by atoms with E-state index in [4.69, 9.17) is 20.2 Å². The van der Waals surface area contributed by atoms with Crippen molar-refractivity contribution in [3.63, 3.8) is 0 Å². The van der Waals surface area contributed by atoms with Gasteiger partial charge in [0.15, 0.2) is 0 Å². The van der Waals surface area contributed by atoms with Crippen molar-refractivity contribution in [3.8, 4) is 0 Å². The van der Waals surface area contributed by atoms with Crippen LogP contribution in [0.1, 0.15) is 26.7 Å². The Morgan fingerprint density at radius 1 is 1.34 bits per heavy atom. The first kappa shape index (κ1) is 25.6. The maximum Gasteiger partial charge on any atom is 0.217 e. The van der Waals surface area contributed by atoms with Gasteiger partial charge in [-0.3, -0.25) is 4.79 Å². The predicted octanol–water partition coefficient (Wildman–Crippen LogP) is 1.64. The third-order valence-electron chi connectivity index (χ3n) is 5.08. The molecular weight excluding hydrogens is 406 g/mol. The average Bonchev–Trinajstić information content (AvgIpc) is 2.77. The van der Waals surface area contributed by atoms with Gasteiger partial charge < -0.3 is 30.7 Å². The fraction of sp³-hybridized carbons (Fsp3) is 0.542. The normalized spacial score (nSPS) is 17.7. The molecule has 176 valence electrons. The van der Waals surface area contributed by atoms with E-state index in [9.17, 15) is 4.79 Å². The Morgan fingerprint density at radius 3 is 2.78 bits per heavy atom. The van der Waals surface area contributed by atoms with Gasteiger partial charge in [0.1, 0.15) is 6.61 Å². The topological polar surface area (TPSA) is 101 Å². The highest BCUT2D eigenvalue weighted by molar-refractivity contribution is 6.08. The molecule has 8 heteroatoms. The predicted molar refractivity (Wildman–Crippen MR) is 128 cm³/mol. The Balaban J connectivity index is 2.28. The smallest absolute Gasteiger partial charge is 0.217 e. The van der Waals surface area contributed by atoms with Crippen LogP contribution in [0, 0.1) is 0 Å². The Morgan fingerprint density at radius 2 is 2.09 bits per heavy atom. The number of nitrogens with one attached hydrogen (secondary N) is 2. The number of primary amides is 1. The Bertz CT molecular complexity index is 829.